The molecular weight excluding hydrogens is 412 g/mol. The zero-order valence-corrected chi connectivity index (χ0v) is 16.2. The normalized spacial score (nSPS) is 21.2. The van der Waals surface area contributed by atoms with Crippen molar-refractivity contribution in [2.45, 2.75) is 32.0 Å². The Morgan fingerprint density at radius 1 is 1.22 bits per heavy atom. The SMILES string of the molecule is Cc1cc(NC(=O)[C@@H]2CCC(=O)N2[C@H]2OC(=O)c3ccccc32)ccc1Br. The maximum Gasteiger partial charge on any atom is 0.340 e. The molecule has 7 heteroatoms. The molecule has 1 fully saturated rings. The lowest BCUT2D eigenvalue weighted by atomic mass is 10.1. The van der Waals surface area contributed by atoms with Crippen LogP contribution in [0.25, 0.3) is 0 Å². The van der Waals surface area contributed by atoms with E-state index in [0.29, 0.717) is 23.2 Å². The number of halogens is 1. The summed E-state index contributed by atoms with van der Waals surface area (Å²) >= 11 is 3.43. The van der Waals surface area contributed by atoms with E-state index < -0.39 is 18.2 Å². The highest BCUT2D eigenvalue weighted by Crippen LogP contribution is 2.38. The van der Waals surface area contributed by atoms with Gasteiger partial charge in [0.05, 0.1) is 5.56 Å². The molecule has 4 rings (SSSR count). The molecule has 6 nitrogen and oxygen atoms in total. The summed E-state index contributed by atoms with van der Waals surface area (Å²) in [5.74, 6) is -0.961. The largest absolute Gasteiger partial charge is 0.433 e. The van der Waals surface area contributed by atoms with Crippen LogP contribution in [0.15, 0.2) is 46.9 Å². The number of aryl methyl sites for hydroxylation is 1. The van der Waals surface area contributed by atoms with Gasteiger partial charge in [-0.05, 0) is 43.2 Å². The molecule has 2 aliphatic rings. The van der Waals surface area contributed by atoms with Gasteiger partial charge in [-0.2, -0.15) is 0 Å². The number of nitrogens with zero attached hydrogens (tertiary/aromatic N) is 1. The van der Waals surface area contributed by atoms with Crippen molar-refractivity contribution in [2.75, 3.05) is 5.32 Å². The molecule has 1 N–H and O–H groups in total. The van der Waals surface area contributed by atoms with E-state index in [0.717, 1.165) is 10.0 Å². The quantitative estimate of drug-likeness (QED) is 0.758. The minimum absolute atomic E-state index is 0.198. The number of hydrogen-bond donors (Lipinski definition) is 1. The summed E-state index contributed by atoms with van der Waals surface area (Å²) in [7, 11) is 0. The van der Waals surface area contributed by atoms with Crippen LogP contribution in [0.1, 0.15) is 40.6 Å². The third-order valence-corrected chi connectivity index (χ3v) is 5.79. The van der Waals surface area contributed by atoms with Gasteiger partial charge < -0.3 is 10.1 Å². The fourth-order valence-electron chi connectivity index (χ4n) is 3.54. The summed E-state index contributed by atoms with van der Waals surface area (Å²) < 4.78 is 6.38. The molecule has 2 amide bonds. The number of rotatable bonds is 3. The number of amides is 2. The maximum absolute atomic E-state index is 12.9. The highest BCUT2D eigenvalue weighted by molar-refractivity contribution is 9.10. The van der Waals surface area contributed by atoms with Crippen molar-refractivity contribution in [3.05, 3.63) is 63.6 Å². The molecule has 27 heavy (non-hydrogen) atoms. The summed E-state index contributed by atoms with van der Waals surface area (Å²) in [5, 5.41) is 2.87. The predicted octanol–water partition coefficient (Wildman–Crippen LogP) is 3.56. The molecule has 0 aromatic heterocycles. The Labute approximate surface area is 164 Å². The van der Waals surface area contributed by atoms with E-state index in [4.69, 9.17) is 4.74 Å². The molecule has 138 valence electrons. The molecular formula is C20H17BrN2O4. The van der Waals surface area contributed by atoms with E-state index in [1.807, 2.05) is 19.1 Å². The van der Waals surface area contributed by atoms with Crippen LogP contribution in [-0.4, -0.2) is 28.7 Å². The number of anilines is 1. The summed E-state index contributed by atoms with van der Waals surface area (Å²) in [6.45, 7) is 1.93. The fourth-order valence-corrected chi connectivity index (χ4v) is 3.78. The third kappa shape index (κ3) is 3.12. The standard InChI is InChI=1S/C20H17BrN2O4/c1-11-10-12(6-7-15(11)21)22-18(25)16-8-9-17(24)23(16)19-13-4-2-3-5-14(13)20(26)27-19/h2-7,10,16,19H,8-9H2,1H3,(H,22,25)/t16-,19-/m0/s1. The number of likely N-dealkylation sites (tertiary alicyclic amines) is 1. The van der Waals surface area contributed by atoms with E-state index in [9.17, 15) is 14.4 Å². The molecule has 0 unspecified atom stereocenters. The highest BCUT2D eigenvalue weighted by Gasteiger charge is 2.46. The number of fused-ring (bicyclic) bond motifs is 1. The lowest BCUT2D eigenvalue weighted by Crippen LogP contribution is -2.43. The minimum Gasteiger partial charge on any atom is -0.433 e. The molecule has 2 aliphatic heterocycles. The number of esters is 1. The van der Waals surface area contributed by atoms with Gasteiger partial charge in [0, 0.05) is 22.1 Å². The third-order valence-electron chi connectivity index (χ3n) is 4.90. The first-order valence-electron chi connectivity index (χ1n) is 8.64. The maximum atomic E-state index is 12.9. The second-order valence-corrected chi connectivity index (χ2v) is 7.51. The second-order valence-electron chi connectivity index (χ2n) is 6.65. The van der Waals surface area contributed by atoms with E-state index >= 15 is 0 Å². The number of carbonyl (C=O) groups is 3. The number of cyclic esters (lactones) is 1. The van der Waals surface area contributed by atoms with Gasteiger partial charge in [0.1, 0.15) is 6.04 Å². The Morgan fingerprint density at radius 2 is 2.00 bits per heavy atom. The second kappa shape index (κ2) is 6.81. The Bertz CT molecular complexity index is 959. The van der Waals surface area contributed by atoms with Crippen LogP contribution in [0.4, 0.5) is 5.69 Å². The van der Waals surface area contributed by atoms with Gasteiger partial charge in [-0.15, -0.1) is 0 Å². The summed E-state index contributed by atoms with van der Waals surface area (Å²) in [5.41, 5.74) is 2.70. The molecule has 0 bridgehead atoms. The summed E-state index contributed by atoms with van der Waals surface area (Å²) in [4.78, 5) is 38.9. The predicted molar refractivity (Wildman–Crippen MR) is 102 cm³/mol. The van der Waals surface area contributed by atoms with Crippen molar-refractivity contribution >= 4 is 39.4 Å². The van der Waals surface area contributed by atoms with Crippen LogP contribution in [0, 0.1) is 6.92 Å². The number of ether oxygens (including phenoxy) is 1. The average molecular weight is 429 g/mol. The molecule has 1 saturated heterocycles. The van der Waals surface area contributed by atoms with Gasteiger partial charge in [0.2, 0.25) is 18.0 Å². The first kappa shape index (κ1) is 17.7. The number of hydrogen-bond acceptors (Lipinski definition) is 4. The van der Waals surface area contributed by atoms with Gasteiger partial charge in [-0.1, -0.05) is 34.1 Å². The van der Waals surface area contributed by atoms with Crippen LogP contribution in [0.5, 0.6) is 0 Å². The smallest absolute Gasteiger partial charge is 0.340 e. The van der Waals surface area contributed by atoms with E-state index in [1.54, 1.807) is 30.3 Å². The van der Waals surface area contributed by atoms with Gasteiger partial charge in [0.25, 0.3) is 0 Å². The zero-order valence-electron chi connectivity index (χ0n) is 14.6. The number of benzene rings is 2. The molecule has 0 spiro atoms. The first-order valence-corrected chi connectivity index (χ1v) is 9.43. The molecule has 0 aliphatic carbocycles. The highest BCUT2D eigenvalue weighted by atomic mass is 79.9. The summed E-state index contributed by atoms with van der Waals surface area (Å²) in [6, 6.07) is 11.8. The van der Waals surface area contributed by atoms with E-state index in [-0.39, 0.29) is 18.2 Å². The average Bonchev–Trinajstić information content (AvgIpc) is 3.19. The van der Waals surface area contributed by atoms with Crippen LogP contribution < -0.4 is 5.32 Å². The van der Waals surface area contributed by atoms with Crippen molar-refractivity contribution in [3.8, 4) is 0 Å². The molecule has 0 radical (unpaired) electrons. The van der Waals surface area contributed by atoms with Gasteiger partial charge >= 0.3 is 5.97 Å². The topological polar surface area (TPSA) is 75.7 Å². The Hall–Kier alpha value is -2.67. The molecule has 2 atom stereocenters. The van der Waals surface area contributed by atoms with Gasteiger partial charge in [-0.25, -0.2) is 4.79 Å². The van der Waals surface area contributed by atoms with Crippen LogP contribution in [0.2, 0.25) is 0 Å². The Morgan fingerprint density at radius 3 is 2.78 bits per heavy atom. The molecule has 2 heterocycles. The molecule has 2 aromatic rings. The molecule has 2 aromatic carbocycles. The summed E-state index contributed by atoms with van der Waals surface area (Å²) in [6.07, 6.45) is -0.226. The lowest BCUT2D eigenvalue weighted by molar-refractivity contribution is -0.144. The van der Waals surface area contributed by atoms with Gasteiger partial charge in [-0.3, -0.25) is 14.5 Å². The number of nitrogens with one attached hydrogen (secondary N) is 1. The molecule has 0 saturated carbocycles. The van der Waals surface area contributed by atoms with Crippen molar-refractivity contribution < 1.29 is 19.1 Å². The Balaban J connectivity index is 1.59. The van der Waals surface area contributed by atoms with E-state index in [2.05, 4.69) is 21.2 Å². The fraction of sp³-hybridized carbons (Fsp3) is 0.250. The lowest BCUT2D eigenvalue weighted by Gasteiger charge is -2.29. The van der Waals surface area contributed by atoms with Crippen molar-refractivity contribution in [1.82, 2.24) is 4.90 Å². The van der Waals surface area contributed by atoms with Crippen molar-refractivity contribution in [3.63, 3.8) is 0 Å². The van der Waals surface area contributed by atoms with Crippen molar-refractivity contribution in [1.29, 1.82) is 0 Å². The van der Waals surface area contributed by atoms with Crippen LogP contribution in [0.3, 0.4) is 0 Å². The minimum atomic E-state index is -0.855. The Kier molecular flexibility index (Phi) is 4.47. The first-order chi connectivity index (χ1) is 13.0. The van der Waals surface area contributed by atoms with Gasteiger partial charge in [0.15, 0.2) is 0 Å². The number of carbonyl (C=O) groups excluding carboxylic acids is 3. The monoisotopic (exact) mass is 428 g/mol. The van der Waals surface area contributed by atoms with Crippen LogP contribution in [-0.2, 0) is 14.3 Å². The zero-order chi connectivity index (χ0) is 19.1. The van der Waals surface area contributed by atoms with E-state index in [1.165, 1.54) is 4.90 Å². The van der Waals surface area contributed by atoms with Crippen molar-refractivity contribution in [2.24, 2.45) is 0 Å². The van der Waals surface area contributed by atoms with Crippen LogP contribution >= 0.6 is 15.9 Å².